The Balaban J connectivity index is 1.26. The molecule has 0 saturated heterocycles. The smallest absolute Gasteiger partial charge is 0.258 e. The molecular formula is C47H43Cl5N8O8. The number of halogens is 5. The quantitative estimate of drug-likeness (QED) is 0.0353. The zero-order valence-corrected chi connectivity index (χ0v) is 40.9. The number of alkyl halides is 3. The van der Waals surface area contributed by atoms with E-state index in [1.807, 2.05) is 0 Å². The molecule has 5 aromatic rings. The molecule has 16 nitrogen and oxygen atoms in total. The molecule has 354 valence electrons. The number of rotatable bonds is 19. The maximum atomic E-state index is 13.4. The second kappa shape index (κ2) is 24.0. The number of carbonyl (C=O) groups is 6. The lowest BCUT2D eigenvalue weighted by Gasteiger charge is -2.15. The van der Waals surface area contributed by atoms with Gasteiger partial charge in [0.05, 0.1) is 46.1 Å². The number of methoxy groups -OCH3 is 2. The molecule has 0 heterocycles. The maximum absolute atomic E-state index is 13.4. The van der Waals surface area contributed by atoms with Crippen LogP contribution in [-0.2, 0) is 25.1 Å². The Bertz CT molecular complexity index is 2820. The summed E-state index contributed by atoms with van der Waals surface area (Å²) in [5, 5.41) is 25.8. The van der Waals surface area contributed by atoms with Crippen LogP contribution < -0.4 is 30.7 Å². The van der Waals surface area contributed by atoms with E-state index in [4.69, 9.17) is 67.5 Å². The number of hydrogen-bond acceptors (Lipinski definition) is 12. The van der Waals surface area contributed by atoms with Crippen LogP contribution in [0.2, 0.25) is 10.0 Å². The Labute approximate surface area is 416 Å². The summed E-state index contributed by atoms with van der Waals surface area (Å²) in [6.45, 7) is 5.87. The van der Waals surface area contributed by atoms with Crippen LogP contribution in [0.1, 0.15) is 75.9 Å². The lowest BCUT2D eigenvalue weighted by Crippen LogP contribution is -2.32. The van der Waals surface area contributed by atoms with Crippen LogP contribution in [0.4, 0.5) is 34.1 Å². The molecule has 0 aliphatic carbocycles. The normalized spacial score (nSPS) is 13.0. The van der Waals surface area contributed by atoms with Gasteiger partial charge in [0, 0.05) is 51.9 Å². The summed E-state index contributed by atoms with van der Waals surface area (Å²) >= 11 is 31.8. The Morgan fingerprint density at radius 1 is 0.574 bits per heavy atom. The molecule has 0 aliphatic heterocycles. The van der Waals surface area contributed by atoms with Crippen molar-refractivity contribution in [3.63, 3.8) is 0 Å². The first-order valence-electron chi connectivity index (χ1n) is 20.3. The van der Waals surface area contributed by atoms with E-state index in [-0.39, 0.29) is 60.6 Å². The lowest BCUT2D eigenvalue weighted by atomic mass is 10.1. The molecule has 5 aromatic carbocycles. The van der Waals surface area contributed by atoms with Crippen molar-refractivity contribution in [2.75, 3.05) is 35.5 Å². The highest BCUT2D eigenvalue weighted by atomic mass is 35.5. The Hall–Kier alpha value is -6.43. The largest absolute Gasteiger partial charge is 0.496 e. The molecule has 4 unspecified atom stereocenters. The molecule has 0 fully saturated rings. The molecular weight excluding hydrogens is 982 g/mol. The van der Waals surface area contributed by atoms with Gasteiger partial charge in [-0.25, -0.2) is 0 Å². The molecule has 0 bridgehead atoms. The van der Waals surface area contributed by atoms with Crippen molar-refractivity contribution in [2.24, 2.45) is 20.5 Å². The monoisotopic (exact) mass is 1020 g/mol. The predicted molar refractivity (Wildman–Crippen MR) is 265 cm³/mol. The second-order valence-corrected chi connectivity index (χ2v) is 17.1. The Kier molecular flexibility index (Phi) is 18.6. The fourth-order valence-electron chi connectivity index (χ4n) is 6.37. The highest BCUT2D eigenvalue weighted by molar-refractivity contribution is 6.37. The first-order chi connectivity index (χ1) is 32.4. The van der Waals surface area contributed by atoms with Gasteiger partial charge in [-0.05, 0) is 87.9 Å². The van der Waals surface area contributed by atoms with Gasteiger partial charge in [-0.1, -0.05) is 47.5 Å². The number of anilines is 4. The first-order valence-corrected chi connectivity index (χ1v) is 22.5. The molecule has 0 spiro atoms. The number of amides is 4. The molecule has 21 heteroatoms. The van der Waals surface area contributed by atoms with Gasteiger partial charge in [-0.2, -0.15) is 20.5 Å². The summed E-state index contributed by atoms with van der Waals surface area (Å²) in [4.78, 5) is 78.6. The minimum atomic E-state index is -1.64. The molecule has 4 N–H and O–H groups in total. The standard InChI is InChI=1S/C47H43Cl5N8O8/c1-23(49)31-16-13-29(20-38(31)67-5)53-44(63)33-9-7-11-36(40(33)51)57-59-42(25(3)61)46(65)55-28-15-18-35(27(19-28)22-48)56-47(66)43(26(4)62)60-58-37-12-8-10-34(41(37)52)45(64)54-30-14-17-32(24(2)50)39(21-30)68-6/h7-21,23-24,42-43H,22H2,1-6H3,(H,53,63)(H,54,64)(H,55,65)(H,56,66). The topological polar surface area (TPSA) is 218 Å². The summed E-state index contributed by atoms with van der Waals surface area (Å²) in [5.41, 5.74) is 3.05. The van der Waals surface area contributed by atoms with E-state index < -0.39 is 47.3 Å². The molecule has 0 saturated carbocycles. The number of ether oxygens (including phenoxy) is 2. The van der Waals surface area contributed by atoms with E-state index in [1.165, 1.54) is 68.8 Å². The van der Waals surface area contributed by atoms with Gasteiger partial charge < -0.3 is 30.7 Å². The van der Waals surface area contributed by atoms with Crippen LogP contribution in [-0.4, -0.2) is 61.5 Å². The van der Waals surface area contributed by atoms with Crippen LogP contribution in [0, 0.1) is 0 Å². The minimum absolute atomic E-state index is 0.00786. The van der Waals surface area contributed by atoms with Gasteiger partial charge in [0.25, 0.3) is 23.6 Å². The average molecular weight is 1030 g/mol. The predicted octanol–water partition coefficient (Wildman–Crippen LogP) is 12.2. The highest BCUT2D eigenvalue weighted by Gasteiger charge is 2.27. The summed E-state index contributed by atoms with van der Waals surface area (Å²) in [7, 11) is 2.97. The van der Waals surface area contributed by atoms with E-state index >= 15 is 0 Å². The number of azo groups is 2. The third kappa shape index (κ3) is 13.2. The summed E-state index contributed by atoms with van der Waals surface area (Å²) in [6.07, 6.45) is 0. The zero-order chi connectivity index (χ0) is 49.8. The van der Waals surface area contributed by atoms with Crippen LogP contribution in [0.15, 0.2) is 111 Å². The van der Waals surface area contributed by atoms with Crippen LogP contribution in [0.3, 0.4) is 0 Å². The Morgan fingerprint density at radius 3 is 1.38 bits per heavy atom. The molecule has 68 heavy (non-hydrogen) atoms. The number of ketones is 2. The van der Waals surface area contributed by atoms with Gasteiger partial charge in [0.2, 0.25) is 12.1 Å². The SMILES string of the molecule is COc1cc(NC(=O)c2cccc(N=NC(C(C)=O)C(=O)Nc3ccc(NC(=O)C(N=Nc4cccc(C(=O)Nc5ccc(C(C)Cl)c(OC)c5)c4Cl)C(C)=O)c(CCl)c3)c2Cl)ccc1C(C)Cl. The van der Waals surface area contributed by atoms with Crippen molar-refractivity contribution in [3.05, 3.63) is 129 Å². The number of Topliss-reactive ketones (excluding diaryl/α,β-unsaturated/α-hetero) is 2. The summed E-state index contributed by atoms with van der Waals surface area (Å²) in [6, 6.07) is 19.8. The molecule has 0 aromatic heterocycles. The second-order valence-electron chi connectivity index (χ2n) is 14.8. The van der Waals surface area contributed by atoms with Crippen molar-refractivity contribution in [2.45, 2.75) is 56.4 Å². The van der Waals surface area contributed by atoms with E-state index in [9.17, 15) is 28.8 Å². The lowest BCUT2D eigenvalue weighted by molar-refractivity contribution is -0.127. The number of carbonyl (C=O) groups excluding carboxylic acids is 6. The van der Waals surface area contributed by atoms with Gasteiger partial charge >= 0.3 is 0 Å². The number of nitrogens with zero attached hydrogens (tertiary/aromatic N) is 4. The molecule has 0 radical (unpaired) electrons. The molecule has 5 rings (SSSR count). The van der Waals surface area contributed by atoms with Crippen molar-refractivity contribution in [1.29, 1.82) is 0 Å². The fourth-order valence-corrected chi connectivity index (χ4v) is 7.45. The zero-order valence-electron chi connectivity index (χ0n) is 37.1. The van der Waals surface area contributed by atoms with Gasteiger partial charge in [0.1, 0.15) is 22.9 Å². The number of nitrogens with one attached hydrogen (secondary N) is 4. The van der Waals surface area contributed by atoms with Crippen molar-refractivity contribution in [1.82, 2.24) is 0 Å². The Morgan fingerprint density at radius 2 is 0.985 bits per heavy atom. The van der Waals surface area contributed by atoms with Gasteiger partial charge in [-0.3, -0.25) is 28.8 Å². The van der Waals surface area contributed by atoms with Gasteiger partial charge in [-0.15, -0.1) is 34.8 Å². The summed E-state index contributed by atoms with van der Waals surface area (Å²) in [5.74, 6) is -3.41. The maximum Gasteiger partial charge on any atom is 0.258 e. The minimum Gasteiger partial charge on any atom is -0.496 e. The first kappa shape index (κ1) is 52.5. The molecule has 4 atom stereocenters. The summed E-state index contributed by atoms with van der Waals surface area (Å²) < 4.78 is 10.8. The highest BCUT2D eigenvalue weighted by Crippen LogP contribution is 2.35. The van der Waals surface area contributed by atoms with Crippen molar-refractivity contribution >= 4 is 127 Å². The molecule has 4 amide bonds. The van der Waals surface area contributed by atoms with E-state index in [2.05, 4.69) is 41.7 Å². The fraction of sp³-hybridized carbons (Fsp3) is 0.234. The van der Waals surface area contributed by atoms with Crippen LogP contribution in [0.5, 0.6) is 11.5 Å². The number of hydrogen-bond donors (Lipinski definition) is 4. The number of benzene rings is 5. The van der Waals surface area contributed by atoms with E-state index in [0.717, 1.165) is 25.0 Å². The van der Waals surface area contributed by atoms with Gasteiger partial charge in [0.15, 0.2) is 11.6 Å². The van der Waals surface area contributed by atoms with Crippen LogP contribution >= 0.6 is 58.0 Å². The van der Waals surface area contributed by atoms with Crippen molar-refractivity contribution < 1.29 is 38.2 Å². The van der Waals surface area contributed by atoms with Crippen molar-refractivity contribution in [3.8, 4) is 11.5 Å². The third-order valence-corrected chi connectivity index (χ3v) is 11.4. The third-order valence-electron chi connectivity index (χ3n) is 9.89. The van der Waals surface area contributed by atoms with E-state index in [0.29, 0.717) is 28.4 Å². The van der Waals surface area contributed by atoms with E-state index in [1.54, 1.807) is 50.2 Å². The van der Waals surface area contributed by atoms with Crippen LogP contribution in [0.25, 0.3) is 0 Å². The molecule has 0 aliphatic rings. The average Bonchev–Trinajstić information content (AvgIpc) is 3.29.